The van der Waals surface area contributed by atoms with Gasteiger partial charge in [0.2, 0.25) is 0 Å². The van der Waals surface area contributed by atoms with Gasteiger partial charge in [-0.25, -0.2) is 0 Å². The van der Waals surface area contributed by atoms with E-state index in [-0.39, 0.29) is 34.2 Å². The van der Waals surface area contributed by atoms with Gasteiger partial charge >= 0.3 is 0 Å². The molecule has 0 saturated heterocycles. The molecule has 3 atom stereocenters. The molecular weight excluding hydrogens is 340 g/mol. The maximum absolute atomic E-state index is 11.2. The quantitative estimate of drug-likeness (QED) is 0.371. The van der Waals surface area contributed by atoms with E-state index in [1.165, 1.54) is 6.07 Å². The van der Waals surface area contributed by atoms with E-state index < -0.39 is 0 Å². The minimum atomic E-state index is -0.351. The number of aromatic hydroxyl groups is 1. The van der Waals surface area contributed by atoms with Gasteiger partial charge in [0.05, 0.1) is 11.0 Å². The molecule has 0 aromatic heterocycles. The molecule has 0 amide bonds. The van der Waals surface area contributed by atoms with Gasteiger partial charge in [-0.1, -0.05) is 42.5 Å². The number of phenolic OH excluding ortho intramolecular Hbond substituents is 1. The van der Waals surface area contributed by atoms with Gasteiger partial charge in [0.25, 0.3) is 5.69 Å². The lowest BCUT2D eigenvalue weighted by molar-refractivity contribution is -0.384. The summed E-state index contributed by atoms with van der Waals surface area (Å²) in [5, 5.41) is 27.6. The molecule has 3 unspecified atom stereocenters. The molecule has 0 radical (unpaired) electrons. The summed E-state index contributed by atoms with van der Waals surface area (Å²) in [6.45, 7) is 0. The highest BCUT2D eigenvalue weighted by atomic mass is 16.6. The molecule has 3 aromatic carbocycles. The third kappa shape index (κ3) is 2.39. The van der Waals surface area contributed by atoms with Crippen molar-refractivity contribution in [2.45, 2.75) is 18.4 Å². The highest BCUT2D eigenvalue weighted by Crippen LogP contribution is 2.52. The zero-order chi connectivity index (χ0) is 18.5. The normalized spacial score (nSPS) is 22.9. The lowest BCUT2D eigenvalue weighted by Gasteiger charge is -2.38. The Morgan fingerprint density at radius 2 is 1.96 bits per heavy atom. The fraction of sp³-hybridized carbons (Fsp3) is 0.182. The fourth-order valence-corrected chi connectivity index (χ4v) is 4.59. The first-order valence-electron chi connectivity index (χ1n) is 9.05. The van der Waals surface area contributed by atoms with Crippen molar-refractivity contribution in [1.29, 1.82) is 0 Å². The molecule has 3 aromatic rings. The number of nitrogens with zero attached hydrogens (tertiary/aromatic N) is 1. The van der Waals surface area contributed by atoms with Crippen LogP contribution in [0, 0.1) is 16.0 Å². The van der Waals surface area contributed by atoms with E-state index in [2.05, 4.69) is 17.5 Å². The van der Waals surface area contributed by atoms with Crippen LogP contribution in [-0.4, -0.2) is 10.0 Å². The van der Waals surface area contributed by atoms with Gasteiger partial charge in [0.15, 0.2) is 0 Å². The monoisotopic (exact) mass is 358 g/mol. The summed E-state index contributed by atoms with van der Waals surface area (Å²) in [5.74, 6) is 0.586. The van der Waals surface area contributed by atoms with E-state index in [9.17, 15) is 15.2 Å². The Hall–Kier alpha value is -3.34. The lowest BCUT2D eigenvalue weighted by atomic mass is 9.76. The Kier molecular flexibility index (Phi) is 3.44. The maximum atomic E-state index is 11.2. The van der Waals surface area contributed by atoms with E-state index in [0.717, 1.165) is 34.0 Å². The minimum Gasteiger partial charge on any atom is -0.508 e. The number of anilines is 1. The molecular formula is C22H18N2O3. The maximum Gasteiger partial charge on any atom is 0.269 e. The zero-order valence-corrected chi connectivity index (χ0v) is 14.5. The second-order valence-corrected chi connectivity index (χ2v) is 7.22. The molecule has 0 fully saturated rings. The number of benzene rings is 3. The first kappa shape index (κ1) is 15.9. The van der Waals surface area contributed by atoms with Crippen molar-refractivity contribution in [1.82, 2.24) is 0 Å². The van der Waals surface area contributed by atoms with Gasteiger partial charge in [-0.05, 0) is 40.8 Å². The standard InChI is InChI=1S/C22H18N2O3/c25-20-11-8-13-4-1-2-5-15(13)21(20)22-17-7-3-6-16(17)18-12-14(24(26)27)9-10-19(18)23-22/h1-6,8-12,16-17,22-23,25H,7H2. The first-order chi connectivity index (χ1) is 13.1. The van der Waals surface area contributed by atoms with E-state index in [1.54, 1.807) is 18.2 Å². The van der Waals surface area contributed by atoms with Crippen LogP contribution in [0.4, 0.5) is 11.4 Å². The predicted molar refractivity (Wildman–Crippen MR) is 105 cm³/mol. The summed E-state index contributed by atoms with van der Waals surface area (Å²) in [6, 6.07) is 16.7. The number of nitro groups is 1. The fourth-order valence-electron chi connectivity index (χ4n) is 4.59. The van der Waals surface area contributed by atoms with Crippen molar-refractivity contribution in [2.75, 3.05) is 5.32 Å². The molecule has 134 valence electrons. The third-order valence-electron chi connectivity index (χ3n) is 5.82. The van der Waals surface area contributed by atoms with Gasteiger partial charge in [-0.15, -0.1) is 0 Å². The largest absolute Gasteiger partial charge is 0.508 e. The Labute approximate surface area is 156 Å². The topological polar surface area (TPSA) is 75.4 Å². The average molecular weight is 358 g/mol. The molecule has 2 aliphatic rings. The van der Waals surface area contributed by atoms with Gasteiger partial charge in [0.1, 0.15) is 5.75 Å². The van der Waals surface area contributed by atoms with Crippen LogP contribution in [-0.2, 0) is 0 Å². The minimum absolute atomic E-state index is 0.0648. The number of fused-ring (bicyclic) bond motifs is 4. The van der Waals surface area contributed by atoms with Crippen LogP contribution in [0.2, 0.25) is 0 Å². The van der Waals surface area contributed by atoms with E-state index in [4.69, 9.17) is 0 Å². The van der Waals surface area contributed by atoms with Crippen LogP contribution < -0.4 is 5.32 Å². The number of hydrogen-bond acceptors (Lipinski definition) is 4. The zero-order valence-electron chi connectivity index (χ0n) is 14.5. The van der Waals surface area contributed by atoms with Crippen LogP contribution in [0.1, 0.15) is 29.5 Å². The predicted octanol–water partition coefficient (Wildman–Crippen LogP) is 5.28. The van der Waals surface area contributed by atoms with Crippen LogP contribution >= 0.6 is 0 Å². The summed E-state index contributed by atoms with van der Waals surface area (Å²) < 4.78 is 0. The van der Waals surface area contributed by atoms with Crippen molar-refractivity contribution >= 4 is 22.1 Å². The molecule has 27 heavy (non-hydrogen) atoms. The van der Waals surface area contributed by atoms with Crippen LogP contribution in [0.5, 0.6) is 5.75 Å². The average Bonchev–Trinajstić information content (AvgIpc) is 3.17. The first-order valence-corrected chi connectivity index (χ1v) is 9.05. The molecule has 0 spiro atoms. The summed E-state index contributed by atoms with van der Waals surface area (Å²) in [5.41, 5.74) is 2.86. The molecule has 1 aliphatic carbocycles. The Morgan fingerprint density at radius 3 is 2.81 bits per heavy atom. The molecule has 5 nitrogen and oxygen atoms in total. The molecule has 5 heteroatoms. The van der Waals surface area contributed by atoms with Crippen LogP contribution in [0.3, 0.4) is 0 Å². The van der Waals surface area contributed by atoms with Crippen molar-refractivity contribution in [3.63, 3.8) is 0 Å². The second kappa shape index (κ2) is 5.84. The van der Waals surface area contributed by atoms with E-state index in [0.29, 0.717) is 0 Å². The van der Waals surface area contributed by atoms with E-state index in [1.807, 2.05) is 30.3 Å². The number of nitro benzene ring substituents is 1. The SMILES string of the molecule is O=[N+]([O-])c1ccc2c(c1)C1C=CCC1C(c1c(O)ccc3ccccc13)N2. The molecule has 1 heterocycles. The molecule has 5 rings (SSSR count). The summed E-state index contributed by atoms with van der Waals surface area (Å²) in [7, 11) is 0. The van der Waals surface area contributed by atoms with Gasteiger partial charge in [-0.3, -0.25) is 10.1 Å². The van der Waals surface area contributed by atoms with Crippen molar-refractivity contribution < 1.29 is 10.0 Å². The number of nitrogens with one attached hydrogen (secondary N) is 1. The summed E-state index contributed by atoms with van der Waals surface area (Å²) in [6.07, 6.45) is 5.15. The number of rotatable bonds is 2. The molecule has 2 N–H and O–H groups in total. The third-order valence-corrected chi connectivity index (χ3v) is 5.82. The smallest absolute Gasteiger partial charge is 0.269 e. The number of allylic oxidation sites excluding steroid dienone is 2. The Morgan fingerprint density at radius 1 is 1.11 bits per heavy atom. The Balaban J connectivity index is 1.68. The molecule has 0 saturated carbocycles. The van der Waals surface area contributed by atoms with Gasteiger partial charge in [0, 0.05) is 29.3 Å². The van der Waals surface area contributed by atoms with Crippen LogP contribution in [0.25, 0.3) is 10.8 Å². The van der Waals surface area contributed by atoms with Gasteiger partial charge < -0.3 is 10.4 Å². The highest BCUT2D eigenvalue weighted by Gasteiger charge is 2.40. The van der Waals surface area contributed by atoms with E-state index >= 15 is 0 Å². The second-order valence-electron chi connectivity index (χ2n) is 7.22. The summed E-state index contributed by atoms with van der Waals surface area (Å²) >= 11 is 0. The van der Waals surface area contributed by atoms with Crippen LogP contribution in [0.15, 0.2) is 66.7 Å². The summed E-state index contributed by atoms with van der Waals surface area (Å²) in [4.78, 5) is 10.8. The molecule has 1 aliphatic heterocycles. The van der Waals surface area contributed by atoms with Crippen molar-refractivity contribution in [2.24, 2.45) is 5.92 Å². The lowest BCUT2D eigenvalue weighted by Crippen LogP contribution is -2.29. The molecule has 0 bridgehead atoms. The number of phenols is 1. The highest BCUT2D eigenvalue weighted by molar-refractivity contribution is 5.89. The van der Waals surface area contributed by atoms with Crippen molar-refractivity contribution in [3.8, 4) is 5.75 Å². The van der Waals surface area contributed by atoms with Crippen molar-refractivity contribution in [3.05, 3.63) is 88.0 Å². The Bertz CT molecular complexity index is 1110. The number of hydrogen-bond donors (Lipinski definition) is 2. The van der Waals surface area contributed by atoms with Gasteiger partial charge in [-0.2, -0.15) is 0 Å². The number of non-ortho nitro benzene ring substituents is 1.